The topological polar surface area (TPSA) is 26.0 Å². The monoisotopic (exact) mass is 257 g/mol. The predicted molar refractivity (Wildman–Crippen MR) is 90.1 cm³/mol. The third-order valence-electron chi connectivity index (χ3n) is 1.49. The van der Waals surface area contributed by atoms with Crippen LogP contribution < -0.4 is 5.73 Å². The minimum absolute atomic E-state index is 0.0924. The summed E-state index contributed by atoms with van der Waals surface area (Å²) in [5.74, 6) is 0. The van der Waals surface area contributed by atoms with Gasteiger partial charge in [0.05, 0.1) is 0 Å². The number of hydrogen-bond donors (Lipinski definition) is 1. The van der Waals surface area contributed by atoms with Gasteiger partial charge in [-0.05, 0) is 26.7 Å². The maximum absolute atomic E-state index is 5.87. The van der Waals surface area contributed by atoms with Gasteiger partial charge >= 0.3 is 0 Å². The first-order valence-corrected chi connectivity index (χ1v) is 7.50. The van der Waals surface area contributed by atoms with E-state index in [1.54, 1.807) is 0 Å². The summed E-state index contributed by atoms with van der Waals surface area (Å²) in [6.07, 6.45) is 7.14. The summed E-state index contributed by atoms with van der Waals surface area (Å²) in [5, 5.41) is 0. The summed E-state index contributed by atoms with van der Waals surface area (Å²) in [6.45, 7) is 22.1. The van der Waals surface area contributed by atoms with Gasteiger partial charge in [-0.15, -0.1) is 0 Å². The van der Waals surface area contributed by atoms with Crippen LogP contribution in [0.3, 0.4) is 0 Å². The SMILES string of the molecule is C=C/C=C(\CC)CC(C)(C)N.CC.CC.CCC. The van der Waals surface area contributed by atoms with Crippen molar-refractivity contribution in [2.45, 2.75) is 87.1 Å². The first kappa shape index (κ1) is 26.1. The van der Waals surface area contributed by atoms with E-state index >= 15 is 0 Å². The molecule has 1 nitrogen and oxygen atoms in total. The van der Waals surface area contributed by atoms with Crippen LogP contribution in [0.25, 0.3) is 0 Å². The molecular weight excluding hydrogens is 218 g/mol. The third-order valence-corrected chi connectivity index (χ3v) is 1.49. The zero-order chi connectivity index (χ0) is 15.6. The van der Waals surface area contributed by atoms with Gasteiger partial charge in [-0.3, -0.25) is 0 Å². The molecule has 0 aliphatic carbocycles. The standard InChI is InChI=1S/C10H19N.C3H8.2C2H6/c1-5-7-9(6-2)8-10(3,4)11;1-3-2;2*1-2/h5,7H,1,6,8,11H2,2-4H3;3H2,1-2H3;2*1-2H3/b9-7+;;;. The minimum atomic E-state index is -0.0924. The van der Waals surface area contributed by atoms with Crippen molar-refractivity contribution in [1.82, 2.24) is 0 Å². The first-order valence-electron chi connectivity index (χ1n) is 7.50. The quantitative estimate of drug-likeness (QED) is 0.605. The summed E-state index contributed by atoms with van der Waals surface area (Å²) in [6, 6.07) is 0. The molecule has 0 atom stereocenters. The smallest absolute Gasteiger partial charge is 0.0134 e. The molecule has 0 aromatic heterocycles. The molecule has 0 bridgehead atoms. The molecule has 0 radical (unpaired) electrons. The predicted octanol–water partition coefficient (Wildman–Crippen LogP) is 6.10. The molecule has 0 heterocycles. The van der Waals surface area contributed by atoms with Crippen LogP contribution >= 0.6 is 0 Å². The lowest BCUT2D eigenvalue weighted by Crippen LogP contribution is -2.32. The molecule has 2 N–H and O–H groups in total. The van der Waals surface area contributed by atoms with E-state index in [0.717, 1.165) is 12.8 Å². The van der Waals surface area contributed by atoms with Gasteiger partial charge in [0.25, 0.3) is 0 Å². The Labute approximate surface area is 118 Å². The molecule has 0 rings (SSSR count). The molecular formula is C17H39N. The van der Waals surface area contributed by atoms with Crippen LogP contribution in [0.4, 0.5) is 0 Å². The van der Waals surface area contributed by atoms with Crippen molar-refractivity contribution in [2.75, 3.05) is 0 Å². The van der Waals surface area contributed by atoms with Crippen molar-refractivity contribution < 1.29 is 0 Å². The van der Waals surface area contributed by atoms with Crippen molar-refractivity contribution in [1.29, 1.82) is 0 Å². The van der Waals surface area contributed by atoms with E-state index < -0.39 is 0 Å². The molecule has 0 amide bonds. The summed E-state index contributed by atoms with van der Waals surface area (Å²) < 4.78 is 0. The summed E-state index contributed by atoms with van der Waals surface area (Å²) in [7, 11) is 0. The van der Waals surface area contributed by atoms with Crippen LogP contribution in [0.5, 0.6) is 0 Å². The Morgan fingerprint density at radius 1 is 1.06 bits per heavy atom. The van der Waals surface area contributed by atoms with Crippen LogP contribution in [0.1, 0.15) is 81.6 Å². The molecule has 0 saturated heterocycles. The first-order chi connectivity index (χ1) is 8.41. The normalized spacial score (nSPS) is 9.78. The van der Waals surface area contributed by atoms with Gasteiger partial charge in [-0.25, -0.2) is 0 Å². The highest BCUT2D eigenvalue weighted by Gasteiger charge is 2.11. The lowest BCUT2D eigenvalue weighted by molar-refractivity contribution is 0.508. The number of rotatable bonds is 4. The molecule has 112 valence electrons. The highest BCUT2D eigenvalue weighted by Crippen LogP contribution is 2.15. The zero-order valence-corrected chi connectivity index (χ0v) is 14.6. The van der Waals surface area contributed by atoms with E-state index in [-0.39, 0.29) is 5.54 Å². The van der Waals surface area contributed by atoms with Crippen LogP contribution in [0.2, 0.25) is 0 Å². The van der Waals surface area contributed by atoms with E-state index in [9.17, 15) is 0 Å². The Morgan fingerprint density at radius 2 is 1.39 bits per heavy atom. The Bertz CT molecular complexity index is 161. The van der Waals surface area contributed by atoms with Gasteiger partial charge in [0.1, 0.15) is 0 Å². The maximum atomic E-state index is 5.87. The molecule has 0 aliphatic rings. The lowest BCUT2D eigenvalue weighted by Gasteiger charge is -2.19. The summed E-state index contributed by atoms with van der Waals surface area (Å²) >= 11 is 0. The van der Waals surface area contributed by atoms with Gasteiger partial charge in [-0.1, -0.05) is 79.2 Å². The molecule has 0 aromatic carbocycles. The van der Waals surface area contributed by atoms with Crippen LogP contribution in [-0.4, -0.2) is 5.54 Å². The van der Waals surface area contributed by atoms with E-state index in [2.05, 4.69) is 33.4 Å². The third kappa shape index (κ3) is 36.1. The van der Waals surface area contributed by atoms with Gasteiger partial charge < -0.3 is 5.73 Å². The highest BCUT2D eigenvalue weighted by atomic mass is 14.7. The second-order valence-corrected chi connectivity index (χ2v) is 4.29. The van der Waals surface area contributed by atoms with E-state index in [1.165, 1.54) is 12.0 Å². The van der Waals surface area contributed by atoms with E-state index in [1.807, 2.05) is 47.6 Å². The van der Waals surface area contributed by atoms with Gasteiger partial charge in [-0.2, -0.15) is 0 Å². The number of allylic oxidation sites excluding steroid dienone is 2. The fourth-order valence-electron chi connectivity index (χ4n) is 1.05. The average molecular weight is 258 g/mol. The van der Waals surface area contributed by atoms with Crippen LogP contribution in [0, 0.1) is 0 Å². The molecule has 1 heteroatoms. The Balaban J connectivity index is -0.000000118. The summed E-state index contributed by atoms with van der Waals surface area (Å²) in [4.78, 5) is 0. The largest absolute Gasteiger partial charge is 0.325 e. The van der Waals surface area contributed by atoms with E-state index in [0.29, 0.717) is 0 Å². The van der Waals surface area contributed by atoms with Gasteiger partial charge in [0.2, 0.25) is 0 Å². The number of hydrogen-bond acceptors (Lipinski definition) is 1. The average Bonchev–Trinajstić information content (AvgIpc) is 2.33. The van der Waals surface area contributed by atoms with Crippen molar-refractivity contribution in [3.8, 4) is 0 Å². The molecule has 0 fully saturated rings. The van der Waals surface area contributed by atoms with Gasteiger partial charge in [0.15, 0.2) is 0 Å². The van der Waals surface area contributed by atoms with Crippen molar-refractivity contribution >= 4 is 0 Å². The van der Waals surface area contributed by atoms with Crippen LogP contribution in [0.15, 0.2) is 24.3 Å². The molecule has 18 heavy (non-hydrogen) atoms. The van der Waals surface area contributed by atoms with Crippen molar-refractivity contribution in [2.24, 2.45) is 5.73 Å². The highest BCUT2D eigenvalue weighted by molar-refractivity contribution is 5.12. The second kappa shape index (κ2) is 21.7. The van der Waals surface area contributed by atoms with Crippen LogP contribution in [-0.2, 0) is 0 Å². The summed E-state index contributed by atoms with van der Waals surface area (Å²) in [5.41, 5.74) is 7.14. The Morgan fingerprint density at radius 3 is 1.56 bits per heavy atom. The molecule has 0 unspecified atom stereocenters. The Kier molecular flexibility index (Phi) is 31.5. The Hall–Kier alpha value is -0.560. The van der Waals surface area contributed by atoms with Crippen molar-refractivity contribution in [3.05, 3.63) is 24.3 Å². The van der Waals surface area contributed by atoms with E-state index in [4.69, 9.17) is 5.73 Å². The maximum Gasteiger partial charge on any atom is 0.0134 e. The fraction of sp³-hybridized carbons (Fsp3) is 0.765. The van der Waals surface area contributed by atoms with Crippen molar-refractivity contribution in [3.63, 3.8) is 0 Å². The lowest BCUT2D eigenvalue weighted by atomic mass is 9.94. The zero-order valence-electron chi connectivity index (χ0n) is 14.6. The second-order valence-electron chi connectivity index (χ2n) is 4.29. The molecule has 0 aromatic rings. The molecule has 0 spiro atoms. The molecule has 0 aliphatic heterocycles. The number of nitrogens with two attached hydrogens (primary N) is 1. The molecule has 0 saturated carbocycles. The minimum Gasteiger partial charge on any atom is -0.325 e. The fourth-order valence-corrected chi connectivity index (χ4v) is 1.05. The van der Waals surface area contributed by atoms with Gasteiger partial charge in [0, 0.05) is 5.54 Å².